The van der Waals surface area contributed by atoms with Crippen molar-refractivity contribution in [2.75, 3.05) is 13.2 Å². The average Bonchev–Trinajstić information content (AvgIpc) is 2.30. The van der Waals surface area contributed by atoms with E-state index in [0.717, 1.165) is 32.3 Å². The summed E-state index contributed by atoms with van der Waals surface area (Å²) in [5.74, 6) is 0. The lowest BCUT2D eigenvalue weighted by Crippen LogP contribution is -2.15. The SMILES string of the molecule is CCCC(O)COCCCc1ccccc1. The van der Waals surface area contributed by atoms with E-state index in [9.17, 15) is 5.11 Å². The van der Waals surface area contributed by atoms with Crippen LogP contribution in [-0.4, -0.2) is 24.4 Å². The number of aliphatic hydroxyl groups excluding tert-OH is 1. The highest BCUT2D eigenvalue weighted by Crippen LogP contribution is 2.03. The molecule has 1 aromatic rings. The van der Waals surface area contributed by atoms with Crippen LogP contribution < -0.4 is 0 Å². The molecule has 1 rings (SSSR count). The summed E-state index contributed by atoms with van der Waals surface area (Å²) in [5.41, 5.74) is 1.35. The molecule has 2 nitrogen and oxygen atoms in total. The maximum atomic E-state index is 9.44. The number of aryl methyl sites for hydroxylation is 1. The van der Waals surface area contributed by atoms with Crippen molar-refractivity contribution >= 4 is 0 Å². The third kappa shape index (κ3) is 5.89. The molecular weight excluding hydrogens is 200 g/mol. The first-order valence-corrected chi connectivity index (χ1v) is 6.12. The van der Waals surface area contributed by atoms with Crippen LogP contribution in [0.1, 0.15) is 31.7 Å². The van der Waals surface area contributed by atoms with Crippen LogP contribution in [0.5, 0.6) is 0 Å². The van der Waals surface area contributed by atoms with Gasteiger partial charge >= 0.3 is 0 Å². The van der Waals surface area contributed by atoms with Crippen LogP contribution in [0.25, 0.3) is 0 Å². The van der Waals surface area contributed by atoms with Gasteiger partial charge in [-0.3, -0.25) is 0 Å². The molecule has 0 heterocycles. The molecule has 0 saturated heterocycles. The minimum Gasteiger partial charge on any atom is -0.391 e. The molecule has 0 amide bonds. The van der Waals surface area contributed by atoms with Crippen LogP contribution in [0.15, 0.2) is 30.3 Å². The Hall–Kier alpha value is -0.860. The Morgan fingerprint density at radius 3 is 2.69 bits per heavy atom. The summed E-state index contributed by atoms with van der Waals surface area (Å²) in [4.78, 5) is 0. The number of benzene rings is 1. The second-order valence-corrected chi connectivity index (χ2v) is 4.11. The fourth-order valence-electron chi connectivity index (χ4n) is 1.66. The molecule has 1 unspecified atom stereocenters. The van der Waals surface area contributed by atoms with Crippen LogP contribution >= 0.6 is 0 Å². The van der Waals surface area contributed by atoms with Gasteiger partial charge in [0.05, 0.1) is 12.7 Å². The van der Waals surface area contributed by atoms with Crippen LogP contribution in [0.3, 0.4) is 0 Å². The summed E-state index contributed by atoms with van der Waals surface area (Å²) < 4.78 is 5.42. The van der Waals surface area contributed by atoms with Crippen molar-refractivity contribution in [2.45, 2.75) is 38.7 Å². The number of hydrogen-bond acceptors (Lipinski definition) is 2. The first-order chi connectivity index (χ1) is 7.83. The van der Waals surface area contributed by atoms with E-state index in [-0.39, 0.29) is 6.10 Å². The molecule has 0 saturated carbocycles. The lowest BCUT2D eigenvalue weighted by Gasteiger charge is -2.09. The average molecular weight is 222 g/mol. The van der Waals surface area contributed by atoms with Crippen LogP contribution in [0.4, 0.5) is 0 Å². The summed E-state index contributed by atoms with van der Waals surface area (Å²) in [6.45, 7) is 3.27. The summed E-state index contributed by atoms with van der Waals surface area (Å²) in [6.07, 6.45) is 3.61. The second-order valence-electron chi connectivity index (χ2n) is 4.11. The summed E-state index contributed by atoms with van der Waals surface area (Å²) in [5, 5.41) is 9.44. The van der Waals surface area contributed by atoms with Gasteiger partial charge in [0.1, 0.15) is 0 Å². The lowest BCUT2D eigenvalue weighted by molar-refractivity contribution is 0.0314. The molecular formula is C14H22O2. The van der Waals surface area contributed by atoms with Gasteiger partial charge < -0.3 is 9.84 Å². The van der Waals surface area contributed by atoms with Gasteiger partial charge in [-0.1, -0.05) is 43.7 Å². The Labute approximate surface area is 98.3 Å². The first kappa shape index (κ1) is 13.2. The quantitative estimate of drug-likeness (QED) is 0.685. The largest absolute Gasteiger partial charge is 0.391 e. The van der Waals surface area contributed by atoms with E-state index in [2.05, 4.69) is 31.2 Å². The van der Waals surface area contributed by atoms with E-state index in [1.54, 1.807) is 0 Å². The molecule has 1 N–H and O–H groups in total. The molecule has 0 aliphatic heterocycles. The Morgan fingerprint density at radius 1 is 1.25 bits per heavy atom. The van der Waals surface area contributed by atoms with Gasteiger partial charge in [0.2, 0.25) is 0 Å². The third-order valence-electron chi connectivity index (χ3n) is 2.53. The Bertz CT molecular complexity index is 259. The van der Waals surface area contributed by atoms with Crippen LogP contribution in [0, 0.1) is 0 Å². The van der Waals surface area contributed by atoms with Gasteiger partial charge in [0.25, 0.3) is 0 Å². The molecule has 1 aromatic carbocycles. The highest BCUT2D eigenvalue weighted by Gasteiger charge is 2.01. The van der Waals surface area contributed by atoms with Crippen molar-refractivity contribution in [3.63, 3.8) is 0 Å². The van der Waals surface area contributed by atoms with Crippen LogP contribution in [0.2, 0.25) is 0 Å². The molecule has 0 aliphatic rings. The van der Waals surface area contributed by atoms with Crippen molar-refractivity contribution in [3.05, 3.63) is 35.9 Å². The third-order valence-corrected chi connectivity index (χ3v) is 2.53. The zero-order valence-corrected chi connectivity index (χ0v) is 10.1. The van der Waals surface area contributed by atoms with E-state index in [0.29, 0.717) is 6.61 Å². The van der Waals surface area contributed by atoms with E-state index in [1.807, 2.05) is 6.07 Å². The maximum absolute atomic E-state index is 9.44. The standard InChI is InChI=1S/C14H22O2/c1-2-7-14(15)12-16-11-6-10-13-8-4-3-5-9-13/h3-5,8-9,14-15H,2,6-7,10-12H2,1H3. The normalized spacial score (nSPS) is 12.6. The monoisotopic (exact) mass is 222 g/mol. The highest BCUT2D eigenvalue weighted by atomic mass is 16.5. The predicted octanol–water partition coefficient (Wildman–Crippen LogP) is 2.80. The van der Waals surface area contributed by atoms with Gasteiger partial charge in [-0.15, -0.1) is 0 Å². The number of hydrogen-bond donors (Lipinski definition) is 1. The van der Waals surface area contributed by atoms with Crippen molar-refractivity contribution < 1.29 is 9.84 Å². The lowest BCUT2D eigenvalue weighted by atomic mass is 10.1. The zero-order chi connectivity index (χ0) is 11.6. The van der Waals surface area contributed by atoms with Gasteiger partial charge in [0, 0.05) is 6.61 Å². The van der Waals surface area contributed by atoms with Crippen molar-refractivity contribution in [1.29, 1.82) is 0 Å². The molecule has 90 valence electrons. The Kier molecular flexibility index (Phi) is 6.86. The fourth-order valence-corrected chi connectivity index (χ4v) is 1.66. The number of ether oxygens (including phenoxy) is 1. The maximum Gasteiger partial charge on any atom is 0.0773 e. The van der Waals surface area contributed by atoms with E-state index in [1.165, 1.54) is 5.56 Å². The molecule has 0 aliphatic carbocycles. The predicted molar refractivity (Wildman–Crippen MR) is 66.5 cm³/mol. The molecule has 0 aromatic heterocycles. The van der Waals surface area contributed by atoms with Crippen molar-refractivity contribution in [2.24, 2.45) is 0 Å². The minimum absolute atomic E-state index is 0.290. The van der Waals surface area contributed by atoms with E-state index in [4.69, 9.17) is 4.74 Å². The van der Waals surface area contributed by atoms with E-state index < -0.39 is 0 Å². The topological polar surface area (TPSA) is 29.5 Å². The minimum atomic E-state index is -0.290. The zero-order valence-electron chi connectivity index (χ0n) is 10.1. The molecule has 16 heavy (non-hydrogen) atoms. The van der Waals surface area contributed by atoms with Gasteiger partial charge in [-0.25, -0.2) is 0 Å². The number of aliphatic hydroxyl groups is 1. The van der Waals surface area contributed by atoms with Gasteiger partial charge in [-0.05, 0) is 24.8 Å². The van der Waals surface area contributed by atoms with E-state index >= 15 is 0 Å². The molecule has 0 fully saturated rings. The Balaban J connectivity index is 2.00. The molecule has 0 radical (unpaired) electrons. The molecule has 0 bridgehead atoms. The van der Waals surface area contributed by atoms with Crippen molar-refractivity contribution in [1.82, 2.24) is 0 Å². The van der Waals surface area contributed by atoms with Crippen LogP contribution in [-0.2, 0) is 11.2 Å². The molecule has 2 heteroatoms. The second kappa shape index (κ2) is 8.31. The first-order valence-electron chi connectivity index (χ1n) is 6.12. The smallest absolute Gasteiger partial charge is 0.0773 e. The Morgan fingerprint density at radius 2 is 2.00 bits per heavy atom. The van der Waals surface area contributed by atoms with Gasteiger partial charge in [-0.2, -0.15) is 0 Å². The summed E-state index contributed by atoms with van der Waals surface area (Å²) >= 11 is 0. The fraction of sp³-hybridized carbons (Fsp3) is 0.571. The van der Waals surface area contributed by atoms with Crippen molar-refractivity contribution in [3.8, 4) is 0 Å². The number of rotatable bonds is 8. The highest BCUT2D eigenvalue weighted by molar-refractivity contribution is 5.14. The summed E-state index contributed by atoms with van der Waals surface area (Å²) in [6, 6.07) is 10.4. The summed E-state index contributed by atoms with van der Waals surface area (Å²) in [7, 11) is 0. The van der Waals surface area contributed by atoms with Gasteiger partial charge in [0.15, 0.2) is 0 Å². The molecule has 1 atom stereocenters. The molecule has 0 spiro atoms.